The number of aryl methyl sites for hydroxylation is 3. The van der Waals surface area contributed by atoms with Crippen LogP contribution in [0, 0.1) is 20.8 Å². The molecule has 6 aromatic rings. The maximum absolute atomic E-state index is 3.80. The molecule has 0 amide bonds. The highest BCUT2D eigenvalue weighted by atomic mass is 14.8. The van der Waals surface area contributed by atoms with E-state index in [1.807, 2.05) is 0 Å². The topological polar surface area (TPSA) is 47.4 Å². The third-order valence-electron chi connectivity index (χ3n) is 6.76. The number of fused-ring (bicyclic) bond motifs is 3. The zero-order chi connectivity index (χ0) is 21.1. The number of aromatic amines is 3. The molecule has 0 unspecified atom stereocenters. The van der Waals surface area contributed by atoms with Crippen LogP contribution in [0.25, 0.3) is 32.7 Å². The number of nitrogens with one attached hydrogen (secondary N) is 3. The molecule has 3 aromatic heterocycles. The lowest BCUT2D eigenvalue weighted by Crippen LogP contribution is -2.07. The SMILES string of the molecule is Cc1[nH]c2ccccc2c1C(c1[nH]c2ccccc2c1C)c1c(C)[nH]c2ccccc12. The minimum Gasteiger partial charge on any atom is -0.358 e. The zero-order valence-corrected chi connectivity index (χ0v) is 18.0. The predicted octanol–water partition coefficient (Wildman–Crippen LogP) is 7.24. The van der Waals surface area contributed by atoms with Crippen LogP contribution in [0.3, 0.4) is 0 Å². The first-order chi connectivity index (χ1) is 15.1. The van der Waals surface area contributed by atoms with Crippen molar-refractivity contribution in [3.05, 3.63) is 107 Å². The van der Waals surface area contributed by atoms with Gasteiger partial charge in [0.05, 0.1) is 5.92 Å². The van der Waals surface area contributed by atoms with E-state index in [0.717, 1.165) is 0 Å². The molecular formula is C28H25N3. The van der Waals surface area contributed by atoms with E-state index in [1.165, 1.54) is 66.5 Å². The highest BCUT2D eigenvalue weighted by molar-refractivity contribution is 5.92. The molecule has 3 heteroatoms. The Balaban J connectivity index is 1.75. The molecule has 0 aliphatic rings. The van der Waals surface area contributed by atoms with E-state index in [0.29, 0.717) is 0 Å². The number of H-pyrrole nitrogens is 3. The number of hydrogen-bond donors (Lipinski definition) is 3. The minimum absolute atomic E-state index is 0.0969. The molecule has 0 saturated carbocycles. The molecule has 3 heterocycles. The van der Waals surface area contributed by atoms with Crippen LogP contribution in [-0.4, -0.2) is 15.0 Å². The fourth-order valence-electron chi connectivity index (χ4n) is 5.37. The van der Waals surface area contributed by atoms with Gasteiger partial charge >= 0.3 is 0 Å². The number of hydrogen-bond acceptors (Lipinski definition) is 0. The van der Waals surface area contributed by atoms with Crippen molar-refractivity contribution in [2.24, 2.45) is 0 Å². The van der Waals surface area contributed by atoms with Gasteiger partial charge in [-0.15, -0.1) is 0 Å². The van der Waals surface area contributed by atoms with E-state index >= 15 is 0 Å². The Morgan fingerprint density at radius 3 is 1.42 bits per heavy atom. The van der Waals surface area contributed by atoms with Crippen molar-refractivity contribution in [2.45, 2.75) is 26.7 Å². The van der Waals surface area contributed by atoms with E-state index in [9.17, 15) is 0 Å². The van der Waals surface area contributed by atoms with Gasteiger partial charge in [-0.1, -0.05) is 54.6 Å². The molecule has 3 aromatic carbocycles. The van der Waals surface area contributed by atoms with Gasteiger partial charge in [-0.05, 0) is 55.7 Å². The first kappa shape index (κ1) is 18.1. The maximum Gasteiger partial charge on any atom is 0.0541 e. The standard InChI is InChI=1S/C28H25N3/c1-16-19-10-4-7-13-22(19)31-28(16)27(25-17(2)29-23-14-8-5-11-20(23)25)26-18(3)30-24-15-9-6-12-21(24)26/h4-15,27,29-31H,1-3H3. The molecule has 152 valence electrons. The van der Waals surface area contributed by atoms with Crippen molar-refractivity contribution < 1.29 is 0 Å². The van der Waals surface area contributed by atoms with Crippen LogP contribution in [0.4, 0.5) is 0 Å². The van der Waals surface area contributed by atoms with Crippen molar-refractivity contribution >= 4 is 32.7 Å². The monoisotopic (exact) mass is 403 g/mol. The summed E-state index contributed by atoms with van der Waals surface area (Å²) >= 11 is 0. The van der Waals surface area contributed by atoms with E-state index in [4.69, 9.17) is 0 Å². The fourth-order valence-corrected chi connectivity index (χ4v) is 5.37. The van der Waals surface area contributed by atoms with Crippen LogP contribution in [0.2, 0.25) is 0 Å². The molecule has 0 aliphatic heterocycles. The zero-order valence-electron chi connectivity index (χ0n) is 18.0. The molecule has 31 heavy (non-hydrogen) atoms. The average Bonchev–Trinajstić information content (AvgIpc) is 3.41. The minimum atomic E-state index is 0.0969. The third-order valence-corrected chi connectivity index (χ3v) is 6.76. The van der Waals surface area contributed by atoms with Crippen LogP contribution in [0.15, 0.2) is 72.8 Å². The second-order valence-electron chi connectivity index (χ2n) is 8.56. The lowest BCUT2D eigenvalue weighted by Gasteiger charge is -2.20. The molecule has 0 bridgehead atoms. The lowest BCUT2D eigenvalue weighted by atomic mass is 9.83. The maximum atomic E-state index is 3.80. The molecule has 0 fully saturated rings. The summed E-state index contributed by atoms with van der Waals surface area (Å²) in [7, 11) is 0. The van der Waals surface area contributed by atoms with Crippen LogP contribution in [-0.2, 0) is 0 Å². The van der Waals surface area contributed by atoms with Gasteiger partial charge in [0.25, 0.3) is 0 Å². The van der Waals surface area contributed by atoms with E-state index in [-0.39, 0.29) is 5.92 Å². The van der Waals surface area contributed by atoms with Gasteiger partial charge in [0, 0.05) is 49.8 Å². The van der Waals surface area contributed by atoms with Gasteiger partial charge in [0.2, 0.25) is 0 Å². The number of aromatic nitrogens is 3. The number of benzene rings is 3. The molecule has 3 nitrogen and oxygen atoms in total. The summed E-state index contributed by atoms with van der Waals surface area (Å²) in [6.07, 6.45) is 0. The van der Waals surface area contributed by atoms with Crippen LogP contribution >= 0.6 is 0 Å². The van der Waals surface area contributed by atoms with Gasteiger partial charge in [0.1, 0.15) is 0 Å². The lowest BCUT2D eigenvalue weighted by molar-refractivity contribution is 0.917. The van der Waals surface area contributed by atoms with Crippen molar-refractivity contribution in [3.63, 3.8) is 0 Å². The quantitative estimate of drug-likeness (QED) is 0.279. The highest BCUT2D eigenvalue weighted by Gasteiger charge is 2.29. The Hall–Kier alpha value is -3.72. The smallest absolute Gasteiger partial charge is 0.0541 e. The molecule has 0 spiro atoms. The Morgan fingerprint density at radius 2 is 0.935 bits per heavy atom. The van der Waals surface area contributed by atoms with Gasteiger partial charge in [-0.25, -0.2) is 0 Å². The highest BCUT2D eigenvalue weighted by Crippen LogP contribution is 2.44. The van der Waals surface area contributed by atoms with Gasteiger partial charge in [-0.2, -0.15) is 0 Å². The summed E-state index contributed by atoms with van der Waals surface area (Å²) < 4.78 is 0. The first-order valence-corrected chi connectivity index (χ1v) is 10.8. The summed E-state index contributed by atoms with van der Waals surface area (Å²) in [5.74, 6) is 0.0969. The van der Waals surface area contributed by atoms with Crippen LogP contribution < -0.4 is 0 Å². The Morgan fingerprint density at radius 1 is 0.516 bits per heavy atom. The van der Waals surface area contributed by atoms with Crippen molar-refractivity contribution in [3.8, 4) is 0 Å². The van der Waals surface area contributed by atoms with E-state index in [1.54, 1.807) is 0 Å². The molecule has 6 rings (SSSR count). The van der Waals surface area contributed by atoms with Crippen LogP contribution in [0.1, 0.15) is 39.7 Å². The third kappa shape index (κ3) is 2.59. The van der Waals surface area contributed by atoms with Gasteiger partial charge < -0.3 is 15.0 Å². The fraction of sp³-hybridized carbons (Fsp3) is 0.143. The van der Waals surface area contributed by atoms with Crippen molar-refractivity contribution in [2.75, 3.05) is 0 Å². The molecule has 0 radical (unpaired) electrons. The largest absolute Gasteiger partial charge is 0.358 e. The first-order valence-electron chi connectivity index (χ1n) is 10.8. The summed E-state index contributed by atoms with van der Waals surface area (Å²) in [4.78, 5) is 11.1. The Kier molecular flexibility index (Phi) is 3.87. The van der Waals surface area contributed by atoms with Crippen LogP contribution in [0.5, 0.6) is 0 Å². The molecule has 0 atom stereocenters. The average molecular weight is 404 g/mol. The summed E-state index contributed by atoms with van der Waals surface area (Å²) in [5.41, 5.74) is 11.3. The predicted molar refractivity (Wildman–Crippen MR) is 130 cm³/mol. The Labute approximate surface area is 181 Å². The summed E-state index contributed by atoms with van der Waals surface area (Å²) in [6, 6.07) is 25.9. The molecule has 0 saturated heterocycles. The molecular weight excluding hydrogens is 378 g/mol. The molecule has 0 aliphatic carbocycles. The van der Waals surface area contributed by atoms with E-state index in [2.05, 4.69) is 109 Å². The summed E-state index contributed by atoms with van der Waals surface area (Å²) in [5, 5.41) is 3.86. The number of para-hydroxylation sites is 3. The second-order valence-corrected chi connectivity index (χ2v) is 8.56. The van der Waals surface area contributed by atoms with Gasteiger partial charge in [0.15, 0.2) is 0 Å². The normalized spacial score (nSPS) is 12.0. The van der Waals surface area contributed by atoms with E-state index < -0.39 is 0 Å². The Bertz CT molecular complexity index is 1490. The number of rotatable bonds is 3. The second kappa shape index (κ2) is 6.64. The summed E-state index contributed by atoms with van der Waals surface area (Å²) in [6.45, 7) is 6.64. The van der Waals surface area contributed by atoms with Gasteiger partial charge in [-0.3, -0.25) is 0 Å². The van der Waals surface area contributed by atoms with Crippen molar-refractivity contribution in [1.29, 1.82) is 0 Å². The van der Waals surface area contributed by atoms with Crippen molar-refractivity contribution in [1.82, 2.24) is 15.0 Å². The molecule has 3 N–H and O–H groups in total.